The predicted molar refractivity (Wildman–Crippen MR) is 515 cm³/mol. The van der Waals surface area contributed by atoms with E-state index in [1.54, 1.807) is 0 Å². The van der Waals surface area contributed by atoms with E-state index in [2.05, 4.69) is 437 Å². The Morgan fingerprint density at radius 1 is 0.0583 bits per heavy atom. The summed E-state index contributed by atoms with van der Waals surface area (Å²) in [7, 11) is 0. The van der Waals surface area contributed by atoms with Crippen molar-refractivity contribution >= 4 is 129 Å². The molecule has 24 aromatic rings. The molecule has 0 radical (unpaired) electrons. The van der Waals surface area contributed by atoms with Gasteiger partial charge in [-0.2, -0.15) is 0 Å². The molecule has 0 N–H and O–H groups in total. The molecule has 0 heterocycles. The highest BCUT2D eigenvalue weighted by atomic mass is 14.3. The molecule has 1 aliphatic carbocycles. The average Bonchev–Trinajstić information content (AvgIpc) is 0.728. The second-order valence-corrected chi connectivity index (χ2v) is 32.9. The van der Waals surface area contributed by atoms with Crippen LogP contribution < -0.4 is 0 Å². The minimum atomic E-state index is 1.15. The first kappa shape index (κ1) is 67.7. The minimum Gasteiger partial charge on any atom is -0.0616 e. The maximum Gasteiger partial charge on any atom is -0.00923 e. The molecule has 0 atom stereocenters. The molecule has 0 amide bonds. The van der Waals surface area contributed by atoms with Gasteiger partial charge >= 0.3 is 0 Å². The van der Waals surface area contributed by atoms with E-state index in [0.29, 0.717) is 0 Å². The maximum absolute atomic E-state index is 2.51. The monoisotopic (exact) mass is 1510 g/mol. The lowest BCUT2D eigenvalue weighted by Crippen LogP contribution is -1.98. The molecule has 0 spiro atoms. The van der Waals surface area contributed by atoms with Gasteiger partial charge < -0.3 is 0 Å². The lowest BCUT2D eigenvalue weighted by atomic mass is 9.78. The summed E-state index contributed by atoms with van der Waals surface area (Å²) in [6, 6.07) is 168. The van der Waals surface area contributed by atoms with Gasteiger partial charge in [-0.15, -0.1) is 0 Å². The Balaban J connectivity index is 0.905. The van der Waals surface area contributed by atoms with Gasteiger partial charge in [0.25, 0.3) is 0 Å². The molecule has 120 heavy (non-hydrogen) atoms. The highest BCUT2D eigenvalue weighted by Crippen LogP contribution is 2.56. The van der Waals surface area contributed by atoms with Crippen LogP contribution in [-0.2, 0) is 0 Å². The Kier molecular flexibility index (Phi) is 15.2. The van der Waals surface area contributed by atoms with Crippen LogP contribution >= 0.6 is 0 Å². The van der Waals surface area contributed by atoms with Gasteiger partial charge in [0.2, 0.25) is 0 Å². The second-order valence-electron chi connectivity index (χ2n) is 32.9. The van der Waals surface area contributed by atoms with Gasteiger partial charge in [-0.3, -0.25) is 0 Å². The maximum atomic E-state index is 2.51. The van der Waals surface area contributed by atoms with Gasteiger partial charge in [0.05, 0.1) is 0 Å². The molecular formula is C120H72. The van der Waals surface area contributed by atoms with E-state index in [-0.39, 0.29) is 0 Å². The van der Waals surface area contributed by atoms with Crippen LogP contribution in [0.5, 0.6) is 0 Å². The fraction of sp³-hybridized carbons (Fsp3) is 0. The van der Waals surface area contributed by atoms with Gasteiger partial charge in [-0.1, -0.05) is 291 Å². The van der Waals surface area contributed by atoms with Gasteiger partial charge in [0, 0.05) is 0 Å². The van der Waals surface area contributed by atoms with Gasteiger partial charge in [0.15, 0.2) is 0 Å². The molecular weight excluding hydrogens is 1440 g/mol. The van der Waals surface area contributed by atoms with E-state index in [9.17, 15) is 0 Å². The summed E-state index contributed by atoms with van der Waals surface area (Å²) in [6.45, 7) is 0. The summed E-state index contributed by atoms with van der Waals surface area (Å²) in [6.07, 6.45) is 0. The molecule has 0 aliphatic heterocycles. The molecule has 25 rings (SSSR count). The van der Waals surface area contributed by atoms with Crippen molar-refractivity contribution in [2.75, 3.05) is 0 Å². The number of rotatable bonds is 0. The number of hydrogen-bond donors (Lipinski definition) is 0. The fourth-order valence-electron chi connectivity index (χ4n) is 20.2. The molecule has 24 aromatic carbocycles. The molecule has 0 bridgehead atoms. The zero-order valence-corrected chi connectivity index (χ0v) is 65.6. The number of fused-ring (bicyclic) bond motifs is 36. The lowest BCUT2D eigenvalue weighted by Gasteiger charge is -2.25. The Morgan fingerprint density at radius 2 is 0.100 bits per heavy atom. The van der Waals surface area contributed by atoms with Crippen molar-refractivity contribution in [1.29, 1.82) is 0 Å². The van der Waals surface area contributed by atoms with Gasteiger partial charge in [-0.05, 0) is 408 Å². The Labute approximate surface area is 694 Å². The van der Waals surface area contributed by atoms with Crippen molar-refractivity contribution in [1.82, 2.24) is 0 Å². The zero-order chi connectivity index (χ0) is 78.6. The first-order chi connectivity index (χ1) is 59.4. The minimum absolute atomic E-state index is 1.15. The second kappa shape index (κ2) is 27.0. The van der Waals surface area contributed by atoms with Crippen LogP contribution in [0.1, 0.15) is 0 Å². The first-order valence-corrected chi connectivity index (χ1v) is 41.8. The van der Waals surface area contributed by atoms with E-state index in [0.717, 1.165) is 134 Å². The third kappa shape index (κ3) is 11.1. The normalized spacial score (nSPS) is 12.0. The molecule has 0 fully saturated rings. The third-order valence-corrected chi connectivity index (χ3v) is 26.1. The van der Waals surface area contributed by atoms with E-state index < -0.39 is 0 Å². The van der Waals surface area contributed by atoms with Gasteiger partial charge in [0.1, 0.15) is 0 Å². The van der Waals surface area contributed by atoms with E-state index >= 15 is 0 Å². The van der Waals surface area contributed by atoms with Crippen molar-refractivity contribution in [3.05, 3.63) is 437 Å². The highest BCUT2D eigenvalue weighted by molar-refractivity contribution is 6.18. The highest BCUT2D eigenvalue weighted by Gasteiger charge is 2.30. The van der Waals surface area contributed by atoms with Crippen LogP contribution in [0.2, 0.25) is 0 Å². The Bertz CT molecular complexity index is 6180. The SMILES string of the molecule is c1ccc2cc3c(cc2c1)-c1cc2ccccc2cc1-c1cc2ccccc2cc1-c1cc2ccccc2cc1-c1cc2ccccc2cc1-c1cc2ccccc2cc1-c1cc2ccccc2cc1-c1cc2ccccc2cc1-c1cc2ccccc2cc1-c1cc2ccccc2cc1-c1cc2ccccc2cc1-c1cc2ccccc2cc1-3. The van der Waals surface area contributed by atoms with Crippen LogP contribution in [0.4, 0.5) is 0 Å². The van der Waals surface area contributed by atoms with Crippen LogP contribution in [0, 0.1) is 0 Å². The molecule has 0 nitrogen and oxygen atoms in total. The molecule has 1 aliphatic rings. The quantitative estimate of drug-likeness (QED) is 0.142. The summed E-state index contributed by atoms with van der Waals surface area (Å²) in [4.78, 5) is 0. The van der Waals surface area contributed by atoms with Crippen LogP contribution in [-0.4, -0.2) is 0 Å². The summed E-state index contributed by atoms with van der Waals surface area (Å²) in [5, 5.41) is 28.0. The summed E-state index contributed by atoms with van der Waals surface area (Å²) in [5.74, 6) is 0. The smallest absolute Gasteiger partial charge is 0.00923 e. The van der Waals surface area contributed by atoms with Crippen LogP contribution in [0.25, 0.3) is 263 Å². The van der Waals surface area contributed by atoms with Crippen LogP contribution in [0.3, 0.4) is 0 Å². The zero-order valence-electron chi connectivity index (χ0n) is 65.6. The lowest BCUT2D eigenvalue weighted by molar-refractivity contribution is 1.57. The third-order valence-electron chi connectivity index (χ3n) is 26.1. The summed E-state index contributed by atoms with van der Waals surface area (Å²) >= 11 is 0. The first-order valence-electron chi connectivity index (χ1n) is 41.8. The summed E-state index contributed by atoms with van der Waals surface area (Å²) < 4.78 is 0. The van der Waals surface area contributed by atoms with Crippen molar-refractivity contribution in [2.45, 2.75) is 0 Å². The van der Waals surface area contributed by atoms with E-state index in [1.807, 2.05) is 0 Å². The van der Waals surface area contributed by atoms with Crippen molar-refractivity contribution in [2.24, 2.45) is 0 Å². The van der Waals surface area contributed by atoms with E-state index in [1.165, 1.54) is 129 Å². The Morgan fingerprint density at radius 3 is 0.142 bits per heavy atom. The fourth-order valence-corrected chi connectivity index (χ4v) is 20.2. The topological polar surface area (TPSA) is 0 Å². The molecule has 0 saturated heterocycles. The molecule has 0 unspecified atom stereocenters. The molecule has 0 saturated carbocycles. The Hall–Kier alpha value is -15.6. The predicted octanol–water partition coefficient (Wildman–Crippen LogP) is 33.8. The largest absolute Gasteiger partial charge is 0.0616 e. The molecule has 0 aromatic heterocycles. The number of benzene rings is 24. The van der Waals surface area contributed by atoms with Crippen molar-refractivity contribution in [3.63, 3.8) is 0 Å². The van der Waals surface area contributed by atoms with Crippen molar-refractivity contribution < 1.29 is 0 Å². The van der Waals surface area contributed by atoms with Crippen molar-refractivity contribution in [3.8, 4) is 134 Å². The standard InChI is InChI=1S/C120H72/c1-2-26-74-50-98-97(49-73(74)25-1)99-51-75-27-3-4-29-77(75)53-101(99)103-55-79-31-7-8-33-81(79)57-105(103)107-59-83-35-11-12-37-85(83)61-109(107)111-63-87-39-15-16-41-89(87)65-113(111)115-67-91-43-19-20-45-93(91)69-117(115)119-71-95-47-23-24-48-96(95)72-120(119)118-70-94-46-22-21-44-92(94)68-116(118)114-66-90-42-18-17-40-88(90)64-112(114)110-62-86-38-14-13-36-84(86)60-108(110)106-58-82-34-10-9-32-80(82)56-104(106)102-54-78-30-6-5-28-76(78)52-100(98)102/h1-72H. The average molecular weight is 1510 g/mol. The molecule has 0 heteroatoms. The molecule has 552 valence electrons. The van der Waals surface area contributed by atoms with E-state index in [4.69, 9.17) is 0 Å². The summed E-state index contributed by atoms with van der Waals surface area (Å²) in [5.41, 5.74) is 27.5. The number of hydrogen-bond acceptors (Lipinski definition) is 0. The van der Waals surface area contributed by atoms with Crippen LogP contribution in [0.15, 0.2) is 437 Å². The van der Waals surface area contributed by atoms with Gasteiger partial charge in [-0.25, -0.2) is 0 Å².